The van der Waals surface area contributed by atoms with Crippen LogP contribution in [0, 0.1) is 36.0 Å². The summed E-state index contributed by atoms with van der Waals surface area (Å²) in [5.41, 5.74) is 10.8. The Morgan fingerprint density at radius 1 is 0.292 bits per heavy atom. The first-order chi connectivity index (χ1) is 59.7. The van der Waals surface area contributed by atoms with E-state index in [-0.39, 0.29) is 41.0 Å². The molecule has 24 aromatic rings. The molecule has 0 bridgehead atoms. The molecule has 113 heavy (non-hydrogen) atoms. The monoisotopic (exact) mass is 1480 g/mol. The summed E-state index contributed by atoms with van der Waals surface area (Å²) in [5, 5.41) is 23.4. The number of aryl methyl sites for hydroxylation is 1. The van der Waals surface area contributed by atoms with Crippen LogP contribution in [-0.2, 0) is 0 Å². The van der Waals surface area contributed by atoms with Gasteiger partial charge in [0.05, 0.1) is 83.8 Å². The van der Waals surface area contributed by atoms with Gasteiger partial charge in [-0.05, 0) is 210 Å². The summed E-state index contributed by atoms with van der Waals surface area (Å²) in [7, 11) is 1.72. The Balaban J connectivity index is 0.000000110. The van der Waals surface area contributed by atoms with E-state index in [1.165, 1.54) is 65.8 Å². The van der Waals surface area contributed by atoms with Crippen molar-refractivity contribution in [1.82, 2.24) is 28.7 Å². The molecule has 0 spiro atoms. The Kier molecular flexibility index (Phi) is 12.4. The number of benzene rings is 18. The fourth-order valence-electron chi connectivity index (χ4n) is 17.9. The maximum Gasteiger partial charge on any atom is 0.200 e. The van der Waals surface area contributed by atoms with E-state index in [9.17, 15) is 22.0 Å². The number of ether oxygens (including phenoxy) is 1. The number of halogens is 5. The average molecular weight is 1480 g/mol. The normalized spacial score (nSPS) is 13.3. The lowest BCUT2D eigenvalue weighted by atomic mass is 9.88. The van der Waals surface area contributed by atoms with E-state index in [1.54, 1.807) is 48.5 Å². The average Bonchev–Trinajstić information content (AvgIpc) is 1.58. The van der Waals surface area contributed by atoms with Gasteiger partial charge in [-0.15, -0.1) is 0 Å². The first-order valence-corrected chi connectivity index (χ1v) is 36.6. The second-order valence-corrected chi connectivity index (χ2v) is 28.4. The number of hydrogen-bond acceptors (Lipinski definition) is 4. The smallest absolute Gasteiger partial charge is 0.200 e. The van der Waals surface area contributed by atoms with E-state index in [1.807, 2.05) is 116 Å². The van der Waals surface area contributed by atoms with Crippen molar-refractivity contribution >= 4 is 162 Å². The van der Waals surface area contributed by atoms with E-state index >= 15 is 0 Å². The summed E-state index contributed by atoms with van der Waals surface area (Å²) in [6.45, 7) is 2.11. The zero-order chi connectivity index (χ0) is 84.3. The SMILES string of the molecule is COc1cc(C)cc(-n2c3cnccc3c3c4ccc5ccc(-c6ccccc6)c6ccc(cc32)c4c56)c1.Fc1c(F)c(F)c(-c2ccc3ccc4c5c(ccc2c35)cc2c4c3ccncc3n2-c2ccccc2)c(F)c1F.[2H]c1c([2H])c([2H])c(-c2ccc3ccc4c5c(ccc2c35)cc2c4c3ccncc3n2-c2c([2H])c([2H])c([2H])c([2H])c2[2H])c([2H])c1[2H]. The Morgan fingerprint density at radius 2 is 0.664 bits per heavy atom. The highest BCUT2D eigenvalue weighted by Crippen LogP contribution is 2.50. The van der Waals surface area contributed by atoms with Gasteiger partial charge >= 0.3 is 0 Å². The van der Waals surface area contributed by atoms with Gasteiger partial charge < -0.3 is 18.4 Å². The summed E-state index contributed by atoms with van der Waals surface area (Å²) in [6, 6.07) is 71.2. The molecule has 0 aliphatic carbocycles. The molecule has 0 saturated carbocycles. The highest BCUT2D eigenvalue weighted by Gasteiger charge is 2.30. The van der Waals surface area contributed by atoms with Crippen molar-refractivity contribution in [1.29, 1.82) is 0 Å². The third kappa shape index (κ3) is 9.75. The summed E-state index contributed by atoms with van der Waals surface area (Å²) in [5.74, 6) is -8.97. The van der Waals surface area contributed by atoms with Crippen molar-refractivity contribution in [2.24, 2.45) is 0 Å². The van der Waals surface area contributed by atoms with Gasteiger partial charge in [0.25, 0.3) is 0 Å². The second-order valence-electron chi connectivity index (χ2n) is 28.4. The van der Waals surface area contributed by atoms with Crippen LogP contribution in [0.1, 0.15) is 19.3 Å². The maximum absolute atomic E-state index is 14.9. The van der Waals surface area contributed by atoms with Crippen LogP contribution in [0.2, 0.25) is 0 Å². The molecule has 0 N–H and O–H groups in total. The maximum atomic E-state index is 14.9. The molecule has 0 amide bonds. The summed E-state index contributed by atoms with van der Waals surface area (Å²) in [4.78, 5) is 13.2. The number of aromatic nitrogens is 6. The molecular formula is C101H59F5N6O. The summed E-state index contributed by atoms with van der Waals surface area (Å²) in [6.07, 6.45) is 10.7. The molecule has 0 unspecified atom stereocenters. The van der Waals surface area contributed by atoms with Gasteiger partial charge in [-0.1, -0.05) is 206 Å². The molecule has 0 aliphatic heterocycles. The van der Waals surface area contributed by atoms with E-state index < -0.39 is 70.9 Å². The first-order valence-electron chi connectivity index (χ1n) is 41.6. The van der Waals surface area contributed by atoms with E-state index in [0.29, 0.717) is 27.4 Å². The Labute approximate surface area is 655 Å². The molecule has 6 heterocycles. The third-order valence-electron chi connectivity index (χ3n) is 22.5. The standard InChI is InChI=1S/C35H24N2O.C33H15F5N2.C33H20N2/c1-21-16-25(19-26(17-21)38-2)37-31-18-24-10-12-28-27(22-6-4-3-5-7-22)11-8-23-9-13-30(34(24)33(23)28)35(31)29-14-15-36-20-32(29)37;34-29-28(30(35)32(37)33(38)31(29)36)20-9-6-16-7-11-22-26-17(8-10-19(20)25(16)26)14-23-27(22)21-12-13-39-15-24(21)40(23)18-4-2-1-3-5-18;1-3-7-21(8-4-1)25-14-11-22-12-16-28-32-23(13-15-26(25)31(22)32)19-29-33(28)27-17-18-34-20-30(27)35(29)24-9-5-2-6-10-24/h3-20H,1-2H3;1-15H;1-20H/i;;1D,2D,3D,4D,5D,6D,7D,8D,9D,10D. The topological polar surface area (TPSA) is 62.7 Å². The lowest BCUT2D eigenvalue weighted by Gasteiger charge is -2.16. The van der Waals surface area contributed by atoms with Crippen LogP contribution in [0.3, 0.4) is 0 Å². The quantitative estimate of drug-likeness (QED) is 0.0690. The van der Waals surface area contributed by atoms with Gasteiger partial charge in [0.1, 0.15) is 5.75 Å². The predicted molar refractivity (Wildman–Crippen MR) is 454 cm³/mol. The van der Waals surface area contributed by atoms with Crippen molar-refractivity contribution in [2.75, 3.05) is 7.11 Å². The molecule has 6 aromatic heterocycles. The molecule has 534 valence electrons. The lowest BCUT2D eigenvalue weighted by molar-refractivity contribution is 0.381. The fourth-order valence-corrected chi connectivity index (χ4v) is 17.9. The minimum atomic E-state index is -2.18. The van der Waals surface area contributed by atoms with Gasteiger partial charge in [0.2, 0.25) is 5.82 Å². The van der Waals surface area contributed by atoms with Gasteiger partial charge in [-0.3, -0.25) is 15.0 Å². The number of nitrogens with zero attached hydrogens (tertiary/aromatic N) is 6. The summed E-state index contributed by atoms with van der Waals surface area (Å²) < 4.78 is 168. The number of methoxy groups -OCH3 is 1. The number of rotatable bonds is 7. The van der Waals surface area contributed by atoms with Crippen LogP contribution in [0.25, 0.3) is 213 Å². The van der Waals surface area contributed by atoms with E-state index in [0.717, 1.165) is 115 Å². The zero-order valence-electron chi connectivity index (χ0n) is 69.8. The molecule has 7 nitrogen and oxygen atoms in total. The number of hydrogen-bond donors (Lipinski definition) is 0. The Bertz CT molecular complexity index is 8640. The molecule has 12 heteroatoms. The minimum absolute atomic E-state index is 0.0327. The lowest BCUT2D eigenvalue weighted by Crippen LogP contribution is -2.04. The molecule has 18 aromatic carbocycles. The highest BCUT2D eigenvalue weighted by molar-refractivity contribution is 6.37. The molecule has 0 fully saturated rings. The molecular weight excluding hydrogens is 1410 g/mol. The summed E-state index contributed by atoms with van der Waals surface area (Å²) >= 11 is 0. The Hall–Kier alpha value is -14.6. The number of fused-ring (bicyclic) bond motifs is 12. The Morgan fingerprint density at radius 3 is 1.13 bits per heavy atom. The molecule has 0 saturated heterocycles. The first kappa shape index (κ1) is 55.7. The van der Waals surface area contributed by atoms with Crippen LogP contribution in [-0.4, -0.2) is 35.8 Å². The van der Waals surface area contributed by atoms with Crippen molar-refractivity contribution in [2.45, 2.75) is 6.92 Å². The van der Waals surface area contributed by atoms with Gasteiger partial charge in [0, 0.05) is 68.3 Å². The van der Waals surface area contributed by atoms with Crippen molar-refractivity contribution in [3.63, 3.8) is 0 Å². The van der Waals surface area contributed by atoms with Gasteiger partial charge in [-0.25, -0.2) is 22.0 Å². The largest absolute Gasteiger partial charge is 0.497 e. The van der Waals surface area contributed by atoms with Crippen LogP contribution >= 0.6 is 0 Å². The van der Waals surface area contributed by atoms with Crippen molar-refractivity contribution in [3.05, 3.63) is 357 Å². The van der Waals surface area contributed by atoms with Crippen molar-refractivity contribution in [3.8, 4) is 56.2 Å². The third-order valence-corrected chi connectivity index (χ3v) is 22.5. The second kappa shape index (κ2) is 25.2. The molecule has 0 aliphatic rings. The molecule has 0 atom stereocenters. The van der Waals surface area contributed by atoms with E-state index in [4.69, 9.17) is 18.4 Å². The van der Waals surface area contributed by atoms with Crippen LogP contribution < -0.4 is 4.74 Å². The highest BCUT2D eigenvalue weighted by atomic mass is 19.2. The number of para-hydroxylation sites is 2. The van der Waals surface area contributed by atoms with Crippen LogP contribution in [0.5, 0.6) is 5.75 Å². The van der Waals surface area contributed by atoms with Gasteiger partial charge in [-0.2, -0.15) is 0 Å². The molecule has 24 rings (SSSR count). The zero-order valence-corrected chi connectivity index (χ0v) is 59.8. The predicted octanol–water partition coefficient (Wildman–Crippen LogP) is 27.2. The van der Waals surface area contributed by atoms with Crippen molar-refractivity contribution < 1.29 is 40.4 Å². The van der Waals surface area contributed by atoms with E-state index in [2.05, 4.69) is 134 Å². The molecule has 0 radical (unpaired) electrons. The van der Waals surface area contributed by atoms with Crippen LogP contribution in [0.4, 0.5) is 22.0 Å². The fraction of sp³-hybridized carbons (Fsp3) is 0.0198. The number of pyridine rings is 3. The minimum Gasteiger partial charge on any atom is -0.497 e. The van der Waals surface area contributed by atoms with Gasteiger partial charge in [0.15, 0.2) is 23.3 Å². The van der Waals surface area contributed by atoms with Crippen LogP contribution in [0.15, 0.2) is 322 Å².